The molecule has 0 aromatic heterocycles. The van der Waals surface area contributed by atoms with Crippen molar-refractivity contribution < 1.29 is 9.53 Å². The number of carbonyl (C=O) groups is 1. The zero-order chi connectivity index (χ0) is 15.3. The van der Waals surface area contributed by atoms with Gasteiger partial charge in [-0.15, -0.1) is 12.4 Å². The van der Waals surface area contributed by atoms with Crippen molar-refractivity contribution in [3.05, 3.63) is 33.3 Å². The summed E-state index contributed by atoms with van der Waals surface area (Å²) in [5, 5.41) is 6.80. The van der Waals surface area contributed by atoms with Gasteiger partial charge in [-0.2, -0.15) is 0 Å². The van der Waals surface area contributed by atoms with Gasteiger partial charge in [0, 0.05) is 23.5 Å². The molecule has 1 aliphatic heterocycles. The molecule has 0 bridgehead atoms. The van der Waals surface area contributed by atoms with E-state index in [1.807, 2.05) is 6.07 Å². The van der Waals surface area contributed by atoms with Crippen LogP contribution in [0.15, 0.2) is 22.7 Å². The molecule has 0 spiro atoms. The molecule has 0 aliphatic carbocycles. The maximum atomic E-state index is 12.3. The summed E-state index contributed by atoms with van der Waals surface area (Å²) >= 11 is 9.45. The molecule has 22 heavy (non-hydrogen) atoms. The third-order valence-electron chi connectivity index (χ3n) is 3.91. The largest absolute Gasteiger partial charge is 0.384 e. The predicted molar refractivity (Wildman–Crippen MR) is 95.1 cm³/mol. The van der Waals surface area contributed by atoms with E-state index in [0.717, 1.165) is 30.4 Å². The maximum Gasteiger partial charge on any atom is 0.252 e. The van der Waals surface area contributed by atoms with Gasteiger partial charge >= 0.3 is 0 Å². The Balaban J connectivity index is 0.00000242. The fourth-order valence-corrected chi connectivity index (χ4v) is 3.43. The molecule has 7 heteroatoms. The van der Waals surface area contributed by atoms with Crippen molar-refractivity contribution in [2.45, 2.75) is 12.8 Å². The van der Waals surface area contributed by atoms with Crippen molar-refractivity contribution in [2.24, 2.45) is 5.41 Å². The average Bonchev–Trinajstić information content (AvgIpc) is 2.46. The predicted octanol–water partition coefficient (Wildman–Crippen LogP) is 3.27. The molecule has 1 aliphatic rings. The van der Waals surface area contributed by atoms with Gasteiger partial charge in [-0.25, -0.2) is 0 Å². The highest BCUT2D eigenvalue weighted by molar-refractivity contribution is 9.10. The standard InChI is InChI=1S/C15H20BrClN2O2.ClH/c1-21-10-15(4-6-18-7-5-15)9-19-14(20)12-3-2-11(16)8-13(12)17;/h2-3,8,18H,4-7,9-10H2,1H3,(H,19,20);1H. The molecule has 1 heterocycles. The van der Waals surface area contributed by atoms with Crippen molar-refractivity contribution in [3.8, 4) is 0 Å². The Morgan fingerprint density at radius 1 is 1.45 bits per heavy atom. The number of hydrogen-bond donors (Lipinski definition) is 2. The summed E-state index contributed by atoms with van der Waals surface area (Å²) in [6, 6.07) is 5.27. The number of carbonyl (C=O) groups excluding carboxylic acids is 1. The fourth-order valence-electron chi connectivity index (χ4n) is 2.67. The van der Waals surface area contributed by atoms with Crippen molar-refractivity contribution >= 4 is 45.8 Å². The molecule has 1 saturated heterocycles. The minimum atomic E-state index is -0.137. The summed E-state index contributed by atoms with van der Waals surface area (Å²) in [5.41, 5.74) is 0.513. The molecule has 1 aromatic carbocycles. The molecular formula is C15H21BrCl2N2O2. The van der Waals surface area contributed by atoms with E-state index in [1.165, 1.54) is 0 Å². The monoisotopic (exact) mass is 410 g/mol. The molecule has 124 valence electrons. The highest BCUT2D eigenvalue weighted by Gasteiger charge is 2.32. The minimum Gasteiger partial charge on any atom is -0.384 e. The number of ether oxygens (including phenoxy) is 1. The summed E-state index contributed by atoms with van der Waals surface area (Å²) in [5.74, 6) is -0.137. The van der Waals surface area contributed by atoms with Gasteiger partial charge in [0.2, 0.25) is 0 Å². The molecule has 1 fully saturated rings. The number of piperidine rings is 1. The third kappa shape index (κ3) is 5.10. The van der Waals surface area contributed by atoms with Gasteiger partial charge in [-0.05, 0) is 44.1 Å². The van der Waals surface area contributed by atoms with Crippen LogP contribution in [0.5, 0.6) is 0 Å². The van der Waals surface area contributed by atoms with Gasteiger partial charge < -0.3 is 15.4 Å². The number of methoxy groups -OCH3 is 1. The van der Waals surface area contributed by atoms with Gasteiger partial charge in [-0.3, -0.25) is 4.79 Å². The molecule has 4 nitrogen and oxygen atoms in total. The van der Waals surface area contributed by atoms with E-state index in [-0.39, 0.29) is 23.7 Å². The normalized spacial score (nSPS) is 16.7. The number of benzene rings is 1. The van der Waals surface area contributed by atoms with Crippen molar-refractivity contribution in [2.75, 3.05) is 33.4 Å². The zero-order valence-electron chi connectivity index (χ0n) is 12.5. The van der Waals surface area contributed by atoms with Crippen molar-refractivity contribution in [3.63, 3.8) is 0 Å². The SMILES string of the molecule is COCC1(CNC(=O)c2ccc(Br)cc2Cl)CCNCC1.Cl. The van der Waals surface area contributed by atoms with Crippen LogP contribution in [0.1, 0.15) is 23.2 Å². The first kappa shape index (κ1) is 19.7. The lowest BCUT2D eigenvalue weighted by Crippen LogP contribution is -2.47. The van der Waals surface area contributed by atoms with E-state index in [2.05, 4.69) is 26.6 Å². The van der Waals surface area contributed by atoms with E-state index >= 15 is 0 Å². The third-order valence-corrected chi connectivity index (χ3v) is 4.72. The fraction of sp³-hybridized carbons (Fsp3) is 0.533. The lowest BCUT2D eigenvalue weighted by Gasteiger charge is -2.37. The first-order valence-electron chi connectivity index (χ1n) is 6.99. The quantitative estimate of drug-likeness (QED) is 0.781. The Labute approximate surface area is 150 Å². The Morgan fingerprint density at radius 2 is 2.14 bits per heavy atom. The summed E-state index contributed by atoms with van der Waals surface area (Å²) in [7, 11) is 1.71. The van der Waals surface area contributed by atoms with Crippen LogP contribution in [0.3, 0.4) is 0 Å². The van der Waals surface area contributed by atoms with Crippen LogP contribution in [0.2, 0.25) is 5.02 Å². The summed E-state index contributed by atoms with van der Waals surface area (Å²) in [6.45, 7) is 3.17. The Hall–Kier alpha value is -0.330. The lowest BCUT2D eigenvalue weighted by molar-refractivity contribution is 0.0512. The average molecular weight is 412 g/mol. The van der Waals surface area contributed by atoms with E-state index in [0.29, 0.717) is 23.7 Å². The van der Waals surface area contributed by atoms with E-state index in [1.54, 1.807) is 19.2 Å². The number of hydrogen-bond acceptors (Lipinski definition) is 3. The highest BCUT2D eigenvalue weighted by Crippen LogP contribution is 2.28. The van der Waals surface area contributed by atoms with Gasteiger partial charge in [0.1, 0.15) is 0 Å². The summed E-state index contributed by atoms with van der Waals surface area (Å²) in [6.07, 6.45) is 1.99. The van der Waals surface area contributed by atoms with Crippen LogP contribution in [-0.4, -0.2) is 39.3 Å². The van der Waals surface area contributed by atoms with Gasteiger partial charge in [0.15, 0.2) is 0 Å². The Kier molecular flexibility index (Phi) is 8.14. The molecule has 2 rings (SSSR count). The smallest absolute Gasteiger partial charge is 0.252 e. The topological polar surface area (TPSA) is 50.4 Å². The molecule has 0 saturated carbocycles. The first-order chi connectivity index (χ1) is 10.1. The lowest BCUT2D eigenvalue weighted by atomic mass is 9.79. The van der Waals surface area contributed by atoms with E-state index < -0.39 is 0 Å². The Morgan fingerprint density at radius 3 is 2.73 bits per heavy atom. The number of halogens is 3. The van der Waals surface area contributed by atoms with Crippen LogP contribution in [0.25, 0.3) is 0 Å². The second kappa shape index (κ2) is 9.08. The highest BCUT2D eigenvalue weighted by atomic mass is 79.9. The number of rotatable bonds is 5. The zero-order valence-corrected chi connectivity index (χ0v) is 15.6. The Bertz CT molecular complexity index is 503. The second-order valence-corrected chi connectivity index (χ2v) is 6.81. The molecule has 0 atom stereocenters. The van der Waals surface area contributed by atoms with Crippen molar-refractivity contribution in [1.29, 1.82) is 0 Å². The molecular weight excluding hydrogens is 391 g/mol. The molecule has 0 unspecified atom stereocenters. The van der Waals surface area contributed by atoms with E-state index in [4.69, 9.17) is 16.3 Å². The van der Waals surface area contributed by atoms with E-state index in [9.17, 15) is 4.79 Å². The molecule has 1 amide bonds. The summed E-state index contributed by atoms with van der Waals surface area (Å²) in [4.78, 5) is 12.3. The van der Waals surface area contributed by atoms with Crippen LogP contribution in [0, 0.1) is 5.41 Å². The van der Waals surface area contributed by atoms with Crippen LogP contribution < -0.4 is 10.6 Å². The second-order valence-electron chi connectivity index (χ2n) is 5.49. The summed E-state index contributed by atoms with van der Waals surface area (Å²) < 4.78 is 6.21. The minimum absolute atomic E-state index is 0. The first-order valence-corrected chi connectivity index (χ1v) is 8.16. The number of amides is 1. The maximum absolute atomic E-state index is 12.3. The van der Waals surface area contributed by atoms with Crippen LogP contribution in [0.4, 0.5) is 0 Å². The van der Waals surface area contributed by atoms with Crippen LogP contribution >= 0.6 is 39.9 Å². The van der Waals surface area contributed by atoms with Gasteiger partial charge in [0.05, 0.1) is 17.2 Å². The van der Waals surface area contributed by atoms with Crippen LogP contribution in [-0.2, 0) is 4.74 Å². The van der Waals surface area contributed by atoms with Gasteiger partial charge in [0.25, 0.3) is 5.91 Å². The molecule has 0 radical (unpaired) electrons. The van der Waals surface area contributed by atoms with Crippen molar-refractivity contribution in [1.82, 2.24) is 10.6 Å². The molecule has 1 aromatic rings. The molecule has 2 N–H and O–H groups in total. The van der Waals surface area contributed by atoms with Gasteiger partial charge in [-0.1, -0.05) is 27.5 Å². The number of nitrogens with one attached hydrogen (secondary N) is 2.